The quantitative estimate of drug-likeness (QED) is 0.746. The van der Waals surface area contributed by atoms with Crippen molar-refractivity contribution in [2.24, 2.45) is 0 Å². The molecule has 7 nitrogen and oxygen atoms in total. The average molecular weight is 403 g/mol. The third-order valence-electron chi connectivity index (χ3n) is 5.84. The molecule has 2 amide bonds. The lowest BCUT2D eigenvalue weighted by Gasteiger charge is -2.37. The molecule has 2 aliphatic heterocycles. The number of piperazine rings is 1. The molecule has 29 heavy (non-hydrogen) atoms. The van der Waals surface area contributed by atoms with Gasteiger partial charge in [0.15, 0.2) is 0 Å². The number of methoxy groups -OCH3 is 1. The van der Waals surface area contributed by atoms with E-state index in [1.807, 2.05) is 24.0 Å². The number of carbonyl (C=O) groups is 2. The van der Waals surface area contributed by atoms with Gasteiger partial charge in [0, 0.05) is 51.7 Å². The molecule has 1 unspecified atom stereocenters. The summed E-state index contributed by atoms with van der Waals surface area (Å²) in [5.74, 6) is 1.17. The molecule has 2 saturated heterocycles. The van der Waals surface area contributed by atoms with Gasteiger partial charge in [-0.3, -0.25) is 19.4 Å². The maximum absolute atomic E-state index is 12.8. The van der Waals surface area contributed by atoms with Crippen molar-refractivity contribution in [1.82, 2.24) is 20.0 Å². The molecule has 0 saturated carbocycles. The highest BCUT2D eigenvalue weighted by Crippen LogP contribution is 2.15. The Kier molecular flexibility index (Phi) is 7.89. The monoisotopic (exact) mass is 402 g/mol. The molecular weight excluding hydrogens is 368 g/mol. The zero-order valence-corrected chi connectivity index (χ0v) is 17.7. The average Bonchev–Trinajstić information content (AvgIpc) is 2.75. The van der Waals surface area contributed by atoms with E-state index in [4.69, 9.17) is 4.74 Å². The molecule has 1 aromatic rings. The Morgan fingerprint density at radius 3 is 2.45 bits per heavy atom. The molecule has 2 aliphatic rings. The zero-order valence-electron chi connectivity index (χ0n) is 17.7. The van der Waals surface area contributed by atoms with Crippen molar-refractivity contribution < 1.29 is 14.3 Å². The summed E-state index contributed by atoms with van der Waals surface area (Å²) >= 11 is 0. The van der Waals surface area contributed by atoms with Gasteiger partial charge in [-0.1, -0.05) is 19.1 Å². The first-order chi connectivity index (χ1) is 14.1. The van der Waals surface area contributed by atoms with Gasteiger partial charge in [-0.05, 0) is 37.1 Å². The number of amides is 2. The largest absolute Gasteiger partial charge is 0.497 e. The van der Waals surface area contributed by atoms with Crippen LogP contribution in [0.1, 0.15) is 31.7 Å². The Morgan fingerprint density at radius 2 is 1.79 bits per heavy atom. The topological polar surface area (TPSA) is 65.1 Å². The van der Waals surface area contributed by atoms with E-state index in [0.717, 1.165) is 64.4 Å². The van der Waals surface area contributed by atoms with Gasteiger partial charge in [-0.2, -0.15) is 0 Å². The van der Waals surface area contributed by atoms with Crippen LogP contribution in [0.3, 0.4) is 0 Å². The Morgan fingerprint density at radius 1 is 1.07 bits per heavy atom. The van der Waals surface area contributed by atoms with Gasteiger partial charge in [0.25, 0.3) is 0 Å². The lowest BCUT2D eigenvalue weighted by molar-refractivity contribution is -0.134. The molecule has 2 heterocycles. The fourth-order valence-corrected chi connectivity index (χ4v) is 4.08. The number of likely N-dealkylation sites (tertiary alicyclic amines) is 1. The Balaban J connectivity index is 1.40. The molecule has 1 N–H and O–H groups in total. The van der Waals surface area contributed by atoms with E-state index >= 15 is 0 Å². The van der Waals surface area contributed by atoms with Crippen LogP contribution in [0, 0.1) is 0 Å². The summed E-state index contributed by atoms with van der Waals surface area (Å²) < 4.78 is 5.21. The van der Waals surface area contributed by atoms with Crippen LogP contribution >= 0.6 is 0 Å². The van der Waals surface area contributed by atoms with E-state index in [9.17, 15) is 9.59 Å². The van der Waals surface area contributed by atoms with Crippen LogP contribution in [0.25, 0.3) is 0 Å². The molecular formula is C22H34N4O3. The Hall–Kier alpha value is -2.12. The van der Waals surface area contributed by atoms with Gasteiger partial charge in [0.1, 0.15) is 5.75 Å². The number of hydrogen-bond donors (Lipinski definition) is 1. The fraction of sp³-hybridized carbons (Fsp3) is 0.636. The molecule has 1 aromatic carbocycles. The molecule has 0 aromatic heterocycles. The summed E-state index contributed by atoms with van der Waals surface area (Å²) in [7, 11) is 1.68. The maximum Gasteiger partial charge on any atom is 0.236 e. The highest BCUT2D eigenvalue weighted by atomic mass is 16.5. The summed E-state index contributed by atoms with van der Waals surface area (Å²) in [6, 6.07) is 8.35. The first-order valence-corrected chi connectivity index (χ1v) is 10.7. The van der Waals surface area contributed by atoms with Crippen LogP contribution in [0.15, 0.2) is 24.3 Å². The molecule has 0 radical (unpaired) electrons. The third-order valence-corrected chi connectivity index (χ3v) is 5.84. The molecule has 0 spiro atoms. The van der Waals surface area contributed by atoms with Crippen LogP contribution in [-0.2, 0) is 16.1 Å². The number of nitrogens with one attached hydrogen (secondary N) is 1. The van der Waals surface area contributed by atoms with Crippen molar-refractivity contribution in [2.75, 3.05) is 52.9 Å². The molecule has 160 valence electrons. The van der Waals surface area contributed by atoms with E-state index in [1.54, 1.807) is 7.11 Å². The van der Waals surface area contributed by atoms with Crippen LogP contribution in [0.2, 0.25) is 0 Å². The van der Waals surface area contributed by atoms with Crippen molar-refractivity contribution in [3.8, 4) is 5.75 Å². The van der Waals surface area contributed by atoms with Crippen molar-refractivity contribution in [3.05, 3.63) is 29.8 Å². The lowest BCUT2D eigenvalue weighted by atomic mass is 10.1. The minimum atomic E-state index is 0.0937. The first-order valence-electron chi connectivity index (χ1n) is 10.7. The molecule has 2 fully saturated rings. The van der Waals surface area contributed by atoms with E-state index in [0.29, 0.717) is 13.0 Å². The minimum absolute atomic E-state index is 0.0937. The number of hydrogen-bond acceptors (Lipinski definition) is 5. The first kappa shape index (κ1) is 21.6. The highest BCUT2D eigenvalue weighted by molar-refractivity contribution is 5.78. The van der Waals surface area contributed by atoms with Crippen molar-refractivity contribution >= 4 is 11.8 Å². The second-order valence-corrected chi connectivity index (χ2v) is 8.00. The SMILES string of the molecule is CCC(=O)NC1CCCN(CC(=O)N2CCN(Cc3ccc(OC)cc3)CC2)C1. The lowest BCUT2D eigenvalue weighted by Crippen LogP contribution is -2.53. The number of ether oxygens (including phenoxy) is 1. The Labute approximate surface area is 174 Å². The van der Waals surface area contributed by atoms with Crippen LogP contribution in [0.5, 0.6) is 5.75 Å². The van der Waals surface area contributed by atoms with Crippen molar-refractivity contribution in [2.45, 2.75) is 38.8 Å². The summed E-state index contributed by atoms with van der Waals surface area (Å²) in [5.41, 5.74) is 1.26. The fourth-order valence-electron chi connectivity index (χ4n) is 4.08. The van der Waals surface area contributed by atoms with Gasteiger partial charge in [0.05, 0.1) is 13.7 Å². The second kappa shape index (κ2) is 10.6. The van der Waals surface area contributed by atoms with Crippen LogP contribution < -0.4 is 10.1 Å². The van der Waals surface area contributed by atoms with Gasteiger partial charge in [0.2, 0.25) is 11.8 Å². The maximum atomic E-state index is 12.8. The number of nitrogens with zero attached hydrogens (tertiary/aromatic N) is 3. The third kappa shape index (κ3) is 6.44. The number of rotatable bonds is 7. The number of piperidine rings is 1. The van der Waals surface area contributed by atoms with Crippen molar-refractivity contribution in [3.63, 3.8) is 0 Å². The number of benzene rings is 1. The summed E-state index contributed by atoms with van der Waals surface area (Å²) in [6.07, 6.45) is 2.54. The van der Waals surface area contributed by atoms with Crippen LogP contribution in [0.4, 0.5) is 0 Å². The predicted octanol–water partition coefficient (Wildman–Crippen LogP) is 1.33. The zero-order chi connectivity index (χ0) is 20.6. The standard InChI is InChI=1S/C22H34N4O3/c1-3-21(27)23-19-5-4-10-25(16-19)17-22(28)26-13-11-24(12-14-26)15-18-6-8-20(29-2)9-7-18/h6-9,19H,3-5,10-17H2,1-2H3,(H,23,27). The molecule has 7 heteroatoms. The van der Waals surface area contributed by atoms with Gasteiger partial charge in [-0.25, -0.2) is 0 Å². The molecule has 0 bridgehead atoms. The van der Waals surface area contributed by atoms with E-state index in [1.165, 1.54) is 5.56 Å². The molecule has 1 atom stereocenters. The minimum Gasteiger partial charge on any atom is -0.497 e. The van der Waals surface area contributed by atoms with Gasteiger partial charge >= 0.3 is 0 Å². The number of carbonyl (C=O) groups excluding carboxylic acids is 2. The smallest absolute Gasteiger partial charge is 0.236 e. The van der Waals surface area contributed by atoms with Crippen molar-refractivity contribution in [1.29, 1.82) is 0 Å². The van der Waals surface area contributed by atoms with E-state index in [-0.39, 0.29) is 17.9 Å². The summed E-state index contributed by atoms with van der Waals surface area (Å²) in [5, 5.41) is 3.07. The summed E-state index contributed by atoms with van der Waals surface area (Å²) in [6.45, 7) is 8.27. The molecule has 0 aliphatic carbocycles. The predicted molar refractivity (Wildman–Crippen MR) is 113 cm³/mol. The summed E-state index contributed by atoms with van der Waals surface area (Å²) in [4.78, 5) is 31.0. The van der Waals surface area contributed by atoms with E-state index in [2.05, 4.69) is 27.2 Å². The molecule has 3 rings (SSSR count). The van der Waals surface area contributed by atoms with Crippen LogP contribution in [-0.4, -0.2) is 85.5 Å². The Bertz CT molecular complexity index is 671. The van der Waals surface area contributed by atoms with E-state index < -0.39 is 0 Å². The second-order valence-electron chi connectivity index (χ2n) is 8.00. The van der Waals surface area contributed by atoms with Gasteiger partial charge < -0.3 is 15.0 Å². The van der Waals surface area contributed by atoms with Gasteiger partial charge in [-0.15, -0.1) is 0 Å². The highest BCUT2D eigenvalue weighted by Gasteiger charge is 2.26. The normalized spacial score (nSPS) is 21.0.